The molecule has 1 heterocycles. The zero-order chi connectivity index (χ0) is 21.2. The van der Waals surface area contributed by atoms with E-state index >= 15 is 0 Å². The van der Waals surface area contributed by atoms with Crippen LogP contribution in [0.25, 0.3) is 0 Å². The van der Waals surface area contributed by atoms with Crippen molar-refractivity contribution in [3.05, 3.63) is 71.3 Å². The fourth-order valence-electron chi connectivity index (χ4n) is 3.10. The van der Waals surface area contributed by atoms with Crippen molar-refractivity contribution in [2.75, 3.05) is 0 Å². The zero-order valence-corrected chi connectivity index (χ0v) is 17.6. The Hall–Kier alpha value is -2.71. The first-order valence-corrected chi connectivity index (χ1v) is 10.8. The first kappa shape index (κ1) is 21.0. The molecule has 0 bridgehead atoms. The van der Waals surface area contributed by atoms with Crippen molar-refractivity contribution in [1.29, 1.82) is 0 Å². The summed E-state index contributed by atoms with van der Waals surface area (Å²) in [6.45, 7) is 7.77. The molecule has 0 fully saturated rings. The number of benzene rings is 2. The third-order valence-corrected chi connectivity index (χ3v) is 6.30. The second-order valence-corrected chi connectivity index (χ2v) is 8.56. The highest BCUT2D eigenvalue weighted by Crippen LogP contribution is 2.26. The van der Waals surface area contributed by atoms with Gasteiger partial charge in [-0.15, -0.1) is 0 Å². The maximum Gasteiger partial charge on any atom is 0.302 e. The molecule has 0 aliphatic carbocycles. The molecule has 1 unspecified atom stereocenters. The van der Waals surface area contributed by atoms with Gasteiger partial charge in [-0.05, 0) is 63.6 Å². The Bertz CT molecular complexity index is 1110. The van der Waals surface area contributed by atoms with Gasteiger partial charge in [-0.1, -0.05) is 17.7 Å². The number of aromatic nitrogens is 2. The van der Waals surface area contributed by atoms with E-state index in [-0.39, 0.29) is 4.90 Å². The molecule has 0 radical (unpaired) electrons. The normalized spacial score (nSPS) is 12.7. The Balaban J connectivity index is 1.84. The highest BCUT2D eigenvalue weighted by molar-refractivity contribution is 7.89. The van der Waals surface area contributed by atoms with Crippen LogP contribution in [0.4, 0.5) is 4.39 Å². The molecule has 1 atom stereocenters. The van der Waals surface area contributed by atoms with Crippen LogP contribution in [-0.4, -0.2) is 18.0 Å². The van der Waals surface area contributed by atoms with Gasteiger partial charge in [0.1, 0.15) is 11.6 Å². The molecular weight excluding hydrogens is 393 g/mol. The molecule has 154 valence electrons. The second-order valence-electron chi connectivity index (χ2n) is 6.88. The van der Waals surface area contributed by atoms with Gasteiger partial charge in [0.05, 0.1) is 22.8 Å². The van der Waals surface area contributed by atoms with Crippen LogP contribution in [-0.2, 0) is 16.6 Å². The predicted octanol–water partition coefficient (Wildman–Crippen LogP) is 4.49. The molecule has 0 spiro atoms. The van der Waals surface area contributed by atoms with E-state index in [2.05, 4.69) is 9.71 Å². The Morgan fingerprint density at radius 3 is 2.48 bits per heavy atom. The van der Waals surface area contributed by atoms with Crippen LogP contribution < -0.4 is 9.46 Å². The Morgan fingerprint density at radius 1 is 1.17 bits per heavy atom. The van der Waals surface area contributed by atoms with Crippen molar-refractivity contribution in [3.8, 4) is 11.8 Å². The number of hydrogen-bond donors (Lipinski definition) is 1. The van der Waals surface area contributed by atoms with Gasteiger partial charge >= 0.3 is 6.01 Å². The molecule has 1 N–H and O–H groups in total. The summed E-state index contributed by atoms with van der Waals surface area (Å²) < 4.78 is 49.2. The van der Waals surface area contributed by atoms with Gasteiger partial charge in [-0.2, -0.15) is 0 Å². The Labute approximate surface area is 170 Å². The molecule has 29 heavy (non-hydrogen) atoms. The first-order chi connectivity index (χ1) is 13.7. The van der Waals surface area contributed by atoms with Gasteiger partial charge in [0.15, 0.2) is 0 Å². The van der Waals surface area contributed by atoms with Crippen molar-refractivity contribution in [2.45, 2.75) is 45.2 Å². The molecule has 0 saturated carbocycles. The van der Waals surface area contributed by atoms with Crippen LogP contribution in [0, 0.1) is 19.7 Å². The monoisotopic (exact) mass is 417 g/mol. The maximum atomic E-state index is 13.3. The standard InChI is InChI=1S/C21H24FN3O3S/c1-5-25-19(13-23-21(25)28-18-9-6-14(2)7-10-18)16(4)24-29(26,27)20-11-8-17(22)12-15(20)3/h6-13,16,24H,5H2,1-4H3. The minimum absolute atomic E-state index is 0.0458. The first-order valence-electron chi connectivity index (χ1n) is 9.29. The summed E-state index contributed by atoms with van der Waals surface area (Å²) in [4.78, 5) is 4.36. The van der Waals surface area contributed by atoms with Crippen LogP contribution in [0.15, 0.2) is 53.6 Å². The number of sulfonamides is 1. The zero-order valence-electron chi connectivity index (χ0n) is 16.8. The van der Waals surface area contributed by atoms with E-state index in [1.54, 1.807) is 20.0 Å². The molecule has 0 amide bonds. The van der Waals surface area contributed by atoms with Crippen LogP contribution in [0.5, 0.6) is 11.8 Å². The topological polar surface area (TPSA) is 73.2 Å². The van der Waals surface area contributed by atoms with E-state index in [0.717, 1.165) is 11.6 Å². The SMILES string of the molecule is CCn1c(C(C)NS(=O)(=O)c2ccc(F)cc2C)cnc1Oc1ccc(C)cc1. The summed E-state index contributed by atoms with van der Waals surface area (Å²) in [5.41, 5.74) is 2.13. The van der Waals surface area contributed by atoms with Crippen molar-refractivity contribution in [1.82, 2.24) is 14.3 Å². The van der Waals surface area contributed by atoms with Gasteiger partial charge in [-0.3, -0.25) is 4.57 Å². The van der Waals surface area contributed by atoms with E-state index in [1.165, 1.54) is 12.1 Å². The van der Waals surface area contributed by atoms with Crippen molar-refractivity contribution in [2.24, 2.45) is 0 Å². The number of nitrogens with one attached hydrogen (secondary N) is 1. The van der Waals surface area contributed by atoms with E-state index < -0.39 is 21.9 Å². The van der Waals surface area contributed by atoms with Crippen molar-refractivity contribution < 1.29 is 17.5 Å². The highest BCUT2D eigenvalue weighted by Gasteiger charge is 2.24. The number of rotatable bonds is 7. The summed E-state index contributed by atoms with van der Waals surface area (Å²) >= 11 is 0. The molecule has 2 aromatic carbocycles. The van der Waals surface area contributed by atoms with Gasteiger partial charge in [0, 0.05) is 6.54 Å². The summed E-state index contributed by atoms with van der Waals surface area (Å²) in [5, 5.41) is 0. The van der Waals surface area contributed by atoms with Crippen LogP contribution >= 0.6 is 0 Å². The van der Waals surface area contributed by atoms with Gasteiger partial charge in [0.25, 0.3) is 0 Å². The van der Waals surface area contributed by atoms with Gasteiger partial charge in [-0.25, -0.2) is 22.5 Å². The summed E-state index contributed by atoms with van der Waals surface area (Å²) in [7, 11) is -3.83. The average molecular weight is 418 g/mol. The number of aryl methyl sites for hydroxylation is 2. The van der Waals surface area contributed by atoms with E-state index in [4.69, 9.17) is 4.74 Å². The van der Waals surface area contributed by atoms with Crippen LogP contribution in [0.1, 0.15) is 36.7 Å². The van der Waals surface area contributed by atoms with Crippen molar-refractivity contribution in [3.63, 3.8) is 0 Å². The van der Waals surface area contributed by atoms with Crippen molar-refractivity contribution >= 4 is 10.0 Å². The van der Waals surface area contributed by atoms with E-state index in [9.17, 15) is 12.8 Å². The third-order valence-electron chi connectivity index (χ3n) is 4.60. The molecular formula is C21H24FN3O3S. The maximum absolute atomic E-state index is 13.3. The Kier molecular flexibility index (Phi) is 6.04. The summed E-state index contributed by atoms with van der Waals surface area (Å²) in [6.07, 6.45) is 1.59. The smallest absolute Gasteiger partial charge is 0.302 e. The molecule has 0 aliphatic rings. The molecule has 0 aliphatic heterocycles. The van der Waals surface area contributed by atoms with E-state index in [0.29, 0.717) is 29.6 Å². The fraction of sp³-hybridized carbons (Fsp3) is 0.286. The molecule has 3 aromatic rings. The lowest BCUT2D eigenvalue weighted by atomic mass is 10.2. The average Bonchev–Trinajstić information content (AvgIpc) is 3.05. The highest BCUT2D eigenvalue weighted by atomic mass is 32.2. The number of halogens is 1. The van der Waals surface area contributed by atoms with Gasteiger partial charge < -0.3 is 4.74 Å². The molecule has 1 aromatic heterocycles. The van der Waals surface area contributed by atoms with Gasteiger partial charge in [0.2, 0.25) is 10.0 Å². The van der Waals surface area contributed by atoms with Crippen LogP contribution in [0.2, 0.25) is 0 Å². The molecule has 3 rings (SSSR count). The third kappa shape index (κ3) is 4.65. The number of hydrogen-bond acceptors (Lipinski definition) is 4. The number of ether oxygens (including phenoxy) is 1. The lowest BCUT2D eigenvalue weighted by Gasteiger charge is -2.17. The largest absolute Gasteiger partial charge is 0.426 e. The lowest BCUT2D eigenvalue weighted by Crippen LogP contribution is -2.29. The van der Waals surface area contributed by atoms with E-state index in [1.807, 2.05) is 42.7 Å². The Morgan fingerprint density at radius 2 is 1.86 bits per heavy atom. The second kappa shape index (κ2) is 8.34. The molecule has 0 saturated heterocycles. The minimum atomic E-state index is -3.83. The van der Waals surface area contributed by atoms with Crippen LogP contribution in [0.3, 0.4) is 0 Å². The number of nitrogens with zero attached hydrogens (tertiary/aromatic N) is 2. The fourth-order valence-corrected chi connectivity index (χ4v) is 4.54. The predicted molar refractivity (Wildman–Crippen MR) is 109 cm³/mol. The molecule has 8 heteroatoms. The minimum Gasteiger partial charge on any atom is -0.426 e. The quantitative estimate of drug-likeness (QED) is 0.615. The summed E-state index contributed by atoms with van der Waals surface area (Å²) in [6, 6.07) is 11.0. The lowest BCUT2D eigenvalue weighted by molar-refractivity contribution is 0.408. The number of imidazole rings is 1. The summed E-state index contributed by atoms with van der Waals surface area (Å²) in [5.74, 6) is 0.175. The molecule has 6 nitrogen and oxygen atoms in total.